The molecule has 102 valence electrons. The third-order valence-corrected chi connectivity index (χ3v) is 3.52. The lowest BCUT2D eigenvalue weighted by Gasteiger charge is -2.33. The molecule has 2 aromatic rings. The van der Waals surface area contributed by atoms with Crippen molar-refractivity contribution in [2.45, 2.75) is 13.8 Å². The topological polar surface area (TPSA) is 53.4 Å². The maximum Gasteiger partial charge on any atom is 0.260 e. The van der Waals surface area contributed by atoms with E-state index >= 15 is 0 Å². The van der Waals surface area contributed by atoms with Crippen molar-refractivity contribution in [3.05, 3.63) is 48.3 Å². The van der Waals surface area contributed by atoms with E-state index in [1.807, 2.05) is 62.4 Å². The lowest BCUT2D eigenvalue weighted by molar-refractivity contribution is 0.417. The highest BCUT2D eigenvalue weighted by atomic mass is 16.0. The molecule has 0 aliphatic carbocycles. The zero-order chi connectivity index (χ0) is 14.2. The first kappa shape index (κ1) is 12.6. The molecule has 1 aliphatic heterocycles. The number of hydrazine groups is 1. The molecule has 0 bridgehead atoms. The molecule has 2 aromatic heterocycles. The zero-order valence-corrected chi connectivity index (χ0v) is 11.8. The van der Waals surface area contributed by atoms with Crippen molar-refractivity contribution in [2.24, 2.45) is 5.10 Å². The van der Waals surface area contributed by atoms with Gasteiger partial charge in [-0.2, -0.15) is 10.5 Å². The van der Waals surface area contributed by atoms with Crippen LogP contribution in [0.5, 0.6) is 0 Å². The summed E-state index contributed by atoms with van der Waals surface area (Å²) >= 11 is 0. The Morgan fingerprint density at radius 3 is 2.65 bits per heavy atom. The number of nitrogens with zero attached hydrogens (tertiary/aromatic N) is 5. The van der Waals surface area contributed by atoms with Crippen molar-refractivity contribution in [3.63, 3.8) is 0 Å². The van der Waals surface area contributed by atoms with Gasteiger partial charge < -0.3 is 0 Å². The maximum atomic E-state index is 4.64. The van der Waals surface area contributed by atoms with Crippen LogP contribution in [0.15, 0.2) is 47.7 Å². The minimum atomic E-state index is 0.332. The molecule has 0 fully saturated rings. The van der Waals surface area contributed by atoms with Crippen molar-refractivity contribution in [1.29, 1.82) is 0 Å². The molecule has 1 N–H and O–H groups in total. The fraction of sp³-hybridized carbons (Fsp3) is 0.214. The molecule has 1 atom stereocenters. The van der Waals surface area contributed by atoms with Crippen LogP contribution < -0.4 is 15.2 Å². The smallest absolute Gasteiger partial charge is 0.233 e. The molecule has 1 unspecified atom stereocenters. The van der Waals surface area contributed by atoms with Gasteiger partial charge in [-0.1, -0.05) is 17.3 Å². The van der Waals surface area contributed by atoms with Gasteiger partial charge in [0.1, 0.15) is 7.05 Å². The summed E-state index contributed by atoms with van der Waals surface area (Å²) in [5.74, 6) is 2.58. The summed E-state index contributed by atoms with van der Waals surface area (Å²) in [6.07, 6.45) is 1.76. The van der Waals surface area contributed by atoms with E-state index in [9.17, 15) is 0 Å². The standard InChI is InChI=1S/C14H17N6/c1-11-7-6-9-14(16-11)20(3)12(2)17-18-19(20)13-8-4-5-10-15-13/h4-10,18H,1-3H3/q+1. The summed E-state index contributed by atoms with van der Waals surface area (Å²) in [5, 5.41) is 6.22. The van der Waals surface area contributed by atoms with Gasteiger partial charge in [0.05, 0.1) is 0 Å². The number of hydrazone groups is 1. The lowest BCUT2D eigenvalue weighted by Crippen LogP contribution is -2.61. The second-order valence-electron chi connectivity index (χ2n) is 4.85. The van der Waals surface area contributed by atoms with Crippen molar-refractivity contribution in [2.75, 3.05) is 12.2 Å². The van der Waals surface area contributed by atoms with Gasteiger partial charge in [-0.3, -0.25) is 0 Å². The van der Waals surface area contributed by atoms with Crippen LogP contribution in [0.4, 0.5) is 11.6 Å². The van der Waals surface area contributed by atoms with E-state index in [2.05, 4.69) is 20.6 Å². The Morgan fingerprint density at radius 2 is 1.95 bits per heavy atom. The van der Waals surface area contributed by atoms with E-state index in [1.54, 1.807) is 6.20 Å². The average molecular weight is 269 g/mol. The Hall–Kier alpha value is -2.47. The molecule has 0 amide bonds. The molecular weight excluding hydrogens is 252 g/mol. The van der Waals surface area contributed by atoms with Crippen LogP contribution in [0.2, 0.25) is 0 Å². The molecule has 0 spiro atoms. The van der Waals surface area contributed by atoms with E-state index in [0.717, 1.165) is 23.2 Å². The highest BCUT2D eigenvalue weighted by molar-refractivity contribution is 5.93. The summed E-state index contributed by atoms with van der Waals surface area (Å²) < 4.78 is 0.332. The number of aromatic nitrogens is 2. The fourth-order valence-electron chi connectivity index (χ4n) is 2.23. The zero-order valence-electron chi connectivity index (χ0n) is 11.8. The number of nitrogens with one attached hydrogen (secondary N) is 1. The number of quaternary nitrogens is 1. The van der Waals surface area contributed by atoms with E-state index in [0.29, 0.717) is 4.59 Å². The molecule has 0 saturated heterocycles. The monoisotopic (exact) mass is 269 g/mol. The maximum absolute atomic E-state index is 4.64. The first-order chi connectivity index (χ1) is 9.62. The molecular formula is C14H17N6+. The quantitative estimate of drug-likeness (QED) is 0.847. The number of pyridine rings is 2. The van der Waals surface area contributed by atoms with Crippen LogP contribution >= 0.6 is 0 Å². The van der Waals surface area contributed by atoms with Gasteiger partial charge in [0.2, 0.25) is 5.82 Å². The van der Waals surface area contributed by atoms with Crippen LogP contribution in [0.25, 0.3) is 0 Å². The van der Waals surface area contributed by atoms with E-state index in [-0.39, 0.29) is 0 Å². The third kappa shape index (κ3) is 1.81. The summed E-state index contributed by atoms with van der Waals surface area (Å²) in [5.41, 5.74) is 4.00. The molecule has 6 heteroatoms. The summed E-state index contributed by atoms with van der Waals surface area (Å²) in [4.78, 5) is 9.02. The Labute approximate surface area is 117 Å². The highest BCUT2D eigenvalue weighted by Gasteiger charge is 2.44. The molecule has 20 heavy (non-hydrogen) atoms. The van der Waals surface area contributed by atoms with E-state index < -0.39 is 0 Å². The summed E-state index contributed by atoms with van der Waals surface area (Å²) in [6.45, 7) is 3.96. The average Bonchev–Trinajstić information content (AvgIpc) is 2.77. The highest BCUT2D eigenvalue weighted by Crippen LogP contribution is 2.28. The molecule has 3 rings (SSSR count). The van der Waals surface area contributed by atoms with Crippen LogP contribution in [-0.4, -0.2) is 22.9 Å². The molecule has 0 saturated carbocycles. The third-order valence-electron chi connectivity index (χ3n) is 3.52. The number of aryl methyl sites for hydroxylation is 1. The van der Waals surface area contributed by atoms with Crippen molar-refractivity contribution >= 4 is 17.5 Å². The van der Waals surface area contributed by atoms with Gasteiger partial charge in [-0.05, 0) is 25.1 Å². The first-order valence-electron chi connectivity index (χ1n) is 6.45. The first-order valence-corrected chi connectivity index (χ1v) is 6.45. The minimum Gasteiger partial charge on any atom is -0.233 e. The van der Waals surface area contributed by atoms with Gasteiger partial charge in [-0.25, -0.2) is 4.98 Å². The van der Waals surface area contributed by atoms with Gasteiger partial charge in [-0.15, -0.1) is 9.69 Å². The van der Waals surface area contributed by atoms with Crippen LogP contribution in [0.1, 0.15) is 12.6 Å². The SMILES string of the molecule is CC1=NNN(c2ccccn2)[N+]1(C)c1cccc(C)n1. The van der Waals surface area contributed by atoms with E-state index in [1.165, 1.54) is 0 Å². The van der Waals surface area contributed by atoms with Gasteiger partial charge >= 0.3 is 0 Å². The molecule has 0 aromatic carbocycles. The molecule has 6 nitrogen and oxygen atoms in total. The normalized spacial score (nSPS) is 21.6. The Kier molecular flexibility index (Phi) is 2.87. The number of rotatable bonds is 2. The Balaban J connectivity index is 2.10. The number of anilines is 1. The fourth-order valence-corrected chi connectivity index (χ4v) is 2.23. The van der Waals surface area contributed by atoms with Crippen molar-refractivity contribution < 1.29 is 0 Å². The second-order valence-corrected chi connectivity index (χ2v) is 4.85. The summed E-state index contributed by atoms with van der Waals surface area (Å²) in [6, 6.07) is 11.8. The van der Waals surface area contributed by atoms with Gasteiger partial charge in [0.15, 0.2) is 0 Å². The lowest BCUT2D eigenvalue weighted by atomic mass is 10.3. The van der Waals surface area contributed by atoms with Gasteiger partial charge in [0, 0.05) is 24.9 Å². The van der Waals surface area contributed by atoms with Crippen LogP contribution in [0, 0.1) is 6.92 Å². The number of hydrogen-bond acceptors (Lipinski definition) is 5. The molecule has 3 heterocycles. The predicted molar refractivity (Wildman–Crippen MR) is 79.7 cm³/mol. The number of amidine groups is 1. The predicted octanol–water partition coefficient (Wildman–Crippen LogP) is 2.00. The van der Waals surface area contributed by atoms with Crippen molar-refractivity contribution in [3.8, 4) is 0 Å². The summed E-state index contributed by atoms with van der Waals surface area (Å²) in [7, 11) is 2.04. The van der Waals surface area contributed by atoms with Crippen LogP contribution in [-0.2, 0) is 0 Å². The minimum absolute atomic E-state index is 0.332. The van der Waals surface area contributed by atoms with E-state index in [4.69, 9.17) is 0 Å². The second kappa shape index (κ2) is 4.57. The Bertz CT molecular complexity index is 654. The number of hydrogen-bond donors (Lipinski definition) is 1. The Morgan fingerprint density at radius 1 is 1.10 bits per heavy atom. The molecule has 1 aliphatic rings. The van der Waals surface area contributed by atoms with Gasteiger partial charge in [0.25, 0.3) is 11.7 Å². The molecule has 0 radical (unpaired) electrons. The van der Waals surface area contributed by atoms with Crippen LogP contribution in [0.3, 0.4) is 0 Å². The van der Waals surface area contributed by atoms with Crippen molar-refractivity contribution in [1.82, 2.24) is 20.1 Å². The largest absolute Gasteiger partial charge is 0.260 e.